The minimum Gasteiger partial charge on any atom is -0.504 e. The molecule has 0 saturated carbocycles. The lowest BCUT2D eigenvalue weighted by Crippen LogP contribution is -1.97. The average Bonchev–Trinajstić information content (AvgIpc) is 2.81. The van der Waals surface area contributed by atoms with Gasteiger partial charge in [-0.05, 0) is 17.7 Å². The van der Waals surface area contributed by atoms with Crippen molar-refractivity contribution in [2.45, 2.75) is 6.54 Å². The van der Waals surface area contributed by atoms with E-state index in [2.05, 4.69) is 16.7 Å². The maximum absolute atomic E-state index is 9.77. The third-order valence-corrected chi connectivity index (χ3v) is 3.27. The summed E-state index contributed by atoms with van der Waals surface area (Å²) in [7, 11) is 1.56. The quantitative estimate of drug-likeness (QED) is 0.776. The summed E-state index contributed by atoms with van der Waals surface area (Å²) in [5.41, 5.74) is 2.30. The average molecular weight is 253 g/mol. The predicted octanol–water partition coefficient (Wildman–Crippen LogP) is 3.40. The number of hydrogen-bond acceptors (Lipinski definition) is 2. The second kappa shape index (κ2) is 4.69. The maximum atomic E-state index is 9.77. The Morgan fingerprint density at radius 2 is 1.89 bits per heavy atom. The molecule has 0 bridgehead atoms. The monoisotopic (exact) mass is 253 g/mol. The van der Waals surface area contributed by atoms with Crippen molar-refractivity contribution in [2.24, 2.45) is 0 Å². The summed E-state index contributed by atoms with van der Waals surface area (Å²) in [6.07, 6.45) is 2.02. The second-order valence-corrected chi connectivity index (χ2v) is 4.51. The van der Waals surface area contributed by atoms with E-state index in [9.17, 15) is 5.11 Å². The van der Waals surface area contributed by atoms with Gasteiger partial charge in [-0.3, -0.25) is 0 Å². The molecule has 3 nitrogen and oxygen atoms in total. The van der Waals surface area contributed by atoms with Crippen molar-refractivity contribution in [3.63, 3.8) is 0 Å². The Kier molecular flexibility index (Phi) is 2.88. The Hall–Kier alpha value is -2.42. The summed E-state index contributed by atoms with van der Waals surface area (Å²) >= 11 is 0. The fourth-order valence-electron chi connectivity index (χ4n) is 2.29. The Morgan fingerprint density at radius 1 is 1.11 bits per heavy atom. The van der Waals surface area contributed by atoms with E-state index in [1.54, 1.807) is 13.2 Å². The molecule has 0 aliphatic heterocycles. The number of hydrogen-bond donors (Lipinski definition) is 1. The van der Waals surface area contributed by atoms with Crippen molar-refractivity contribution in [3.8, 4) is 11.5 Å². The van der Waals surface area contributed by atoms with Crippen LogP contribution >= 0.6 is 0 Å². The molecule has 0 unspecified atom stereocenters. The summed E-state index contributed by atoms with van der Waals surface area (Å²) in [5.74, 6) is 0.674. The minimum absolute atomic E-state index is 0.174. The third kappa shape index (κ3) is 2.15. The normalized spacial score (nSPS) is 10.8. The molecule has 2 aromatic carbocycles. The first-order valence-corrected chi connectivity index (χ1v) is 6.17. The van der Waals surface area contributed by atoms with Crippen LogP contribution in [0.1, 0.15) is 5.56 Å². The number of fused-ring (bicyclic) bond motifs is 1. The molecule has 0 atom stereocenters. The fraction of sp³-hybridized carbons (Fsp3) is 0.125. The highest BCUT2D eigenvalue weighted by Gasteiger charge is 2.08. The molecule has 1 N–H and O–H groups in total. The SMILES string of the molecule is COc1cc2c(ccn2Cc2ccccc2)cc1O. The number of aromatic hydroxyl groups is 1. The Bertz CT molecular complexity index is 701. The van der Waals surface area contributed by atoms with E-state index in [-0.39, 0.29) is 5.75 Å². The number of phenolic OH excluding ortho intramolecular Hbond substituents is 1. The summed E-state index contributed by atoms with van der Waals surface area (Å²) in [5, 5.41) is 10.8. The van der Waals surface area contributed by atoms with Crippen LogP contribution in [0.15, 0.2) is 54.7 Å². The van der Waals surface area contributed by atoms with E-state index >= 15 is 0 Å². The van der Waals surface area contributed by atoms with Crippen molar-refractivity contribution in [1.82, 2.24) is 4.57 Å². The number of benzene rings is 2. The highest BCUT2D eigenvalue weighted by Crippen LogP contribution is 2.31. The fourth-order valence-corrected chi connectivity index (χ4v) is 2.29. The van der Waals surface area contributed by atoms with Crippen LogP contribution < -0.4 is 4.74 Å². The highest BCUT2D eigenvalue weighted by atomic mass is 16.5. The van der Waals surface area contributed by atoms with Gasteiger partial charge in [0, 0.05) is 24.2 Å². The number of methoxy groups -OCH3 is 1. The van der Waals surface area contributed by atoms with Crippen LogP contribution in [0.2, 0.25) is 0 Å². The van der Waals surface area contributed by atoms with Gasteiger partial charge in [-0.15, -0.1) is 0 Å². The lowest BCUT2D eigenvalue weighted by atomic mass is 10.2. The van der Waals surface area contributed by atoms with Gasteiger partial charge >= 0.3 is 0 Å². The number of nitrogens with zero attached hydrogens (tertiary/aromatic N) is 1. The smallest absolute Gasteiger partial charge is 0.162 e. The molecule has 96 valence electrons. The van der Waals surface area contributed by atoms with Crippen LogP contribution in [0.4, 0.5) is 0 Å². The first kappa shape index (κ1) is 11.7. The van der Waals surface area contributed by atoms with Crippen LogP contribution in [-0.4, -0.2) is 16.8 Å². The molecular formula is C16H15NO2. The predicted molar refractivity (Wildman–Crippen MR) is 75.7 cm³/mol. The molecule has 0 spiro atoms. The van der Waals surface area contributed by atoms with Crippen LogP contribution in [0, 0.1) is 0 Å². The van der Waals surface area contributed by atoms with Gasteiger partial charge in [0.05, 0.1) is 12.6 Å². The van der Waals surface area contributed by atoms with E-state index in [4.69, 9.17) is 4.74 Å². The molecular weight excluding hydrogens is 238 g/mol. The summed E-state index contributed by atoms with van der Waals surface area (Å²) in [6, 6.07) is 15.9. The summed E-state index contributed by atoms with van der Waals surface area (Å²) in [4.78, 5) is 0. The van der Waals surface area contributed by atoms with Crippen LogP contribution in [-0.2, 0) is 6.54 Å². The topological polar surface area (TPSA) is 34.4 Å². The first-order chi connectivity index (χ1) is 9.28. The number of phenols is 1. The zero-order chi connectivity index (χ0) is 13.2. The standard InChI is InChI=1S/C16H15NO2/c1-19-16-10-14-13(9-15(16)18)7-8-17(14)11-12-5-3-2-4-6-12/h2-10,18H,11H2,1H3. The highest BCUT2D eigenvalue weighted by molar-refractivity contribution is 5.84. The van der Waals surface area contributed by atoms with Crippen molar-refractivity contribution in [2.75, 3.05) is 7.11 Å². The van der Waals surface area contributed by atoms with Crippen molar-refractivity contribution < 1.29 is 9.84 Å². The first-order valence-electron chi connectivity index (χ1n) is 6.17. The van der Waals surface area contributed by atoms with Gasteiger partial charge in [0.1, 0.15) is 0 Å². The van der Waals surface area contributed by atoms with Crippen LogP contribution in [0.25, 0.3) is 10.9 Å². The second-order valence-electron chi connectivity index (χ2n) is 4.51. The number of ether oxygens (including phenoxy) is 1. The third-order valence-electron chi connectivity index (χ3n) is 3.27. The lowest BCUT2D eigenvalue weighted by Gasteiger charge is -2.08. The molecule has 3 heteroatoms. The van der Waals surface area contributed by atoms with E-state index < -0.39 is 0 Å². The minimum atomic E-state index is 0.174. The van der Waals surface area contributed by atoms with Crippen molar-refractivity contribution in [1.29, 1.82) is 0 Å². The van der Waals surface area contributed by atoms with Gasteiger partial charge in [0.25, 0.3) is 0 Å². The van der Waals surface area contributed by atoms with Gasteiger partial charge in [0.2, 0.25) is 0 Å². The molecule has 1 heterocycles. The van der Waals surface area contributed by atoms with Gasteiger partial charge in [-0.25, -0.2) is 0 Å². The van der Waals surface area contributed by atoms with E-state index in [1.807, 2.05) is 36.5 Å². The molecule has 0 radical (unpaired) electrons. The van der Waals surface area contributed by atoms with Crippen molar-refractivity contribution >= 4 is 10.9 Å². The zero-order valence-electron chi connectivity index (χ0n) is 10.7. The van der Waals surface area contributed by atoms with Gasteiger partial charge in [0.15, 0.2) is 11.5 Å². The molecule has 3 aromatic rings. The van der Waals surface area contributed by atoms with Crippen LogP contribution in [0.5, 0.6) is 11.5 Å². The van der Waals surface area contributed by atoms with Gasteiger partial charge in [-0.1, -0.05) is 30.3 Å². The number of aromatic nitrogens is 1. The lowest BCUT2D eigenvalue weighted by molar-refractivity contribution is 0.374. The zero-order valence-corrected chi connectivity index (χ0v) is 10.7. The maximum Gasteiger partial charge on any atom is 0.162 e. The van der Waals surface area contributed by atoms with E-state index in [0.29, 0.717) is 5.75 Å². The summed E-state index contributed by atoms with van der Waals surface area (Å²) < 4.78 is 7.31. The molecule has 1 aromatic heterocycles. The van der Waals surface area contributed by atoms with Crippen molar-refractivity contribution in [3.05, 3.63) is 60.3 Å². The van der Waals surface area contributed by atoms with Gasteiger partial charge < -0.3 is 14.4 Å². The summed E-state index contributed by atoms with van der Waals surface area (Å²) in [6.45, 7) is 0.804. The molecule has 3 rings (SSSR count). The molecule has 0 fully saturated rings. The van der Waals surface area contributed by atoms with Crippen LogP contribution in [0.3, 0.4) is 0 Å². The molecule has 19 heavy (non-hydrogen) atoms. The Labute approximate surface area is 111 Å². The largest absolute Gasteiger partial charge is 0.504 e. The number of rotatable bonds is 3. The van der Waals surface area contributed by atoms with E-state index in [0.717, 1.165) is 17.4 Å². The van der Waals surface area contributed by atoms with Gasteiger partial charge in [-0.2, -0.15) is 0 Å². The molecule has 0 aliphatic carbocycles. The Balaban J connectivity index is 2.05. The Morgan fingerprint density at radius 3 is 2.63 bits per heavy atom. The molecule has 0 amide bonds. The van der Waals surface area contributed by atoms with E-state index in [1.165, 1.54) is 5.56 Å². The molecule has 0 saturated heterocycles. The molecule has 0 aliphatic rings.